The van der Waals surface area contributed by atoms with E-state index >= 15 is 0 Å². The summed E-state index contributed by atoms with van der Waals surface area (Å²) in [6.45, 7) is 6.68. The van der Waals surface area contributed by atoms with Crippen LogP contribution in [0.2, 0.25) is 0 Å². The van der Waals surface area contributed by atoms with E-state index in [1.807, 2.05) is 0 Å². The van der Waals surface area contributed by atoms with Crippen LogP contribution in [0.3, 0.4) is 0 Å². The van der Waals surface area contributed by atoms with E-state index in [0.29, 0.717) is 12.0 Å². The van der Waals surface area contributed by atoms with Crippen LogP contribution < -0.4 is 5.32 Å². The summed E-state index contributed by atoms with van der Waals surface area (Å²) >= 11 is 0. The lowest BCUT2D eigenvalue weighted by molar-refractivity contribution is 0.172. The minimum Gasteiger partial charge on any atom is -0.385 e. The number of rotatable bonds is 7. The Morgan fingerprint density at radius 3 is 2.47 bits per heavy atom. The van der Waals surface area contributed by atoms with Gasteiger partial charge in [-0.1, -0.05) is 26.7 Å². The van der Waals surface area contributed by atoms with Crippen molar-refractivity contribution in [2.24, 2.45) is 11.8 Å². The molecule has 0 radical (unpaired) electrons. The summed E-state index contributed by atoms with van der Waals surface area (Å²) < 4.78 is 5.15. The Morgan fingerprint density at radius 1 is 1.27 bits per heavy atom. The van der Waals surface area contributed by atoms with Gasteiger partial charge in [-0.05, 0) is 37.6 Å². The first-order valence-electron chi connectivity index (χ1n) is 6.46. The van der Waals surface area contributed by atoms with E-state index in [2.05, 4.69) is 19.2 Å². The Labute approximate surface area is 94.8 Å². The minimum atomic E-state index is 0.630. The van der Waals surface area contributed by atoms with Crippen LogP contribution in [-0.4, -0.2) is 26.3 Å². The molecule has 0 heterocycles. The minimum absolute atomic E-state index is 0.630. The maximum atomic E-state index is 5.15. The van der Waals surface area contributed by atoms with Crippen LogP contribution in [-0.2, 0) is 4.74 Å². The van der Waals surface area contributed by atoms with Gasteiger partial charge in [0.1, 0.15) is 0 Å². The van der Waals surface area contributed by atoms with Gasteiger partial charge in [0.15, 0.2) is 0 Å². The van der Waals surface area contributed by atoms with Gasteiger partial charge in [0.2, 0.25) is 0 Å². The third-order valence-electron chi connectivity index (χ3n) is 3.58. The van der Waals surface area contributed by atoms with E-state index in [1.165, 1.54) is 32.2 Å². The molecule has 0 aromatic heterocycles. The van der Waals surface area contributed by atoms with Crippen molar-refractivity contribution in [1.29, 1.82) is 0 Å². The van der Waals surface area contributed by atoms with Gasteiger partial charge in [-0.3, -0.25) is 0 Å². The van der Waals surface area contributed by atoms with Crippen molar-refractivity contribution in [3.05, 3.63) is 0 Å². The van der Waals surface area contributed by atoms with Gasteiger partial charge in [-0.25, -0.2) is 0 Å². The molecule has 1 atom stereocenters. The summed E-state index contributed by atoms with van der Waals surface area (Å²) in [5.74, 6) is 1.65. The van der Waals surface area contributed by atoms with E-state index in [-0.39, 0.29) is 0 Å². The van der Waals surface area contributed by atoms with Gasteiger partial charge in [0.25, 0.3) is 0 Å². The second kappa shape index (κ2) is 7.24. The summed E-state index contributed by atoms with van der Waals surface area (Å²) in [6, 6.07) is 0.630. The lowest BCUT2D eigenvalue weighted by atomic mass is 10.00. The Balaban J connectivity index is 2.17. The summed E-state index contributed by atoms with van der Waals surface area (Å²) in [5, 5.41) is 3.72. The van der Waals surface area contributed by atoms with Crippen molar-refractivity contribution >= 4 is 0 Å². The molecule has 1 fully saturated rings. The number of nitrogens with one attached hydrogen (secondary N) is 1. The van der Waals surface area contributed by atoms with Crippen molar-refractivity contribution in [2.75, 3.05) is 20.3 Å². The Morgan fingerprint density at radius 2 is 1.93 bits per heavy atom. The Hall–Kier alpha value is -0.0800. The molecule has 15 heavy (non-hydrogen) atoms. The maximum Gasteiger partial charge on any atom is 0.0477 e. The molecule has 1 aliphatic carbocycles. The molecule has 1 N–H and O–H groups in total. The molecule has 1 saturated carbocycles. The molecule has 0 aromatic carbocycles. The molecular formula is C13H27NO. The first-order chi connectivity index (χ1) is 7.24. The first kappa shape index (κ1) is 13.0. The molecule has 0 spiro atoms. The lowest BCUT2D eigenvalue weighted by Crippen LogP contribution is -2.37. The first-order valence-corrected chi connectivity index (χ1v) is 6.46. The fourth-order valence-electron chi connectivity index (χ4n) is 2.45. The lowest BCUT2D eigenvalue weighted by Gasteiger charge is -2.24. The van der Waals surface area contributed by atoms with Crippen LogP contribution in [0.25, 0.3) is 0 Å². The van der Waals surface area contributed by atoms with Crippen LogP contribution in [0, 0.1) is 11.8 Å². The van der Waals surface area contributed by atoms with Gasteiger partial charge in [0.05, 0.1) is 0 Å². The molecule has 0 bridgehead atoms. The van der Waals surface area contributed by atoms with Crippen molar-refractivity contribution in [1.82, 2.24) is 5.32 Å². The average Bonchev–Trinajstić information content (AvgIpc) is 2.70. The van der Waals surface area contributed by atoms with E-state index < -0.39 is 0 Å². The standard InChI is InChI=1S/C13H27NO/c1-11(2)13(8-9-15-3)14-10-12-6-4-5-7-12/h11-14H,4-10H2,1-3H3. The number of ether oxygens (including phenoxy) is 1. The molecule has 0 aliphatic heterocycles. The summed E-state index contributed by atoms with van der Waals surface area (Å²) in [6.07, 6.45) is 6.89. The fraction of sp³-hybridized carbons (Fsp3) is 1.00. The van der Waals surface area contributed by atoms with Crippen LogP contribution >= 0.6 is 0 Å². The van der Waals surface area contributed by atoms with E-state index in [1.54, 1.807) is 7.11 Å². The second-order valence-corrected chi connectivity index (χ2v) is 5.19. The molecule has 0 amide bonds. The molecule has 2 heteroatoms. The van der Waals surface area contributed by atoms with Gasteiger partial charge in [0, 0.05) is 19.8 Å². The number of methoxy groups -OCH3 is 1. The predicted octanol–water partition coefficient (Wildman–Crippen LogP) is 2.83. The normalized spacial score (nSPS) is 20.0. The Bertz CT molecular complexity index is 153. The fourth-order valence-corrected chi connectivity index (χ4v) is 2.45. The quantitative estimate of drug-likeness (QED) is 0.702. The van der Waals surface area contributed by atoms with Gasteiger partial charge in [-0.2, -0.15) is 0 Å². The number of hydrogen-bond acceptors (Lipinski definition) is 2. The zero-order valence-electron chi connectivity index (χ0n) is 10.6. The zero-order valence-corrected chi connectivity index (χ0v) is 10.6. The van der Waals surface area contributed by atoms with E-state index in [9.17, 15) is 0 Å². The van der Waals surface area contributed by atoms with Crippen molar-refractivity contribution in [2.45, 2.75) is 52.0 Å². The van der Waals surface area contributed by atoms with Crippen LogP contribution in [0.15, 0.2) is 0 Å². The van der Waals surface area contributed by atoms with Crippen molar-refractivity contribution in [3.8, 4) is 0 Å². The second-order valence-electron chi connectivity index (χ2n) is 5.19. The molecule has 1 unspecified atom stereocenters. The highest BCUT2D eigenvalue weighted by Crippen LogP contribution is 2.24. The van der Waals surface area contributed by atoms with Crippen molar-refractivity contribution in [3.63, 3.8) is 0 Å². The van der Waals surface area contributed by atoms with E-state index in [4.69, 9.17) is 4.74 Å². The molecule has 1 rings (SSSR count). The molecule has 2 nitrogen and oxygen atoms in total. The largest absolute Gasteiger partial charge is 0.385 e. The molecule has 90 valence electrons. The van der Waals surface area contributed by atoms with Gasteiger partial charge < -0.3 is 10.1 Å². The topological polar surface area (TPSA) is 21.3 Å². The monoisotopic (exact) mass is 213 g/mol. The van der Waals surface area contributed by atoms with Crippen molar-refractivity contribution < 1.29 is 4.74 Å². The van der Waals surface area contributed by atoms with Gasteiger partial charge in [-0.15, -0.1) is 0 Å². The van der Waals surface area contributed by atoms with Crippen LogP contribution in [0.1, 0.15) is 46.0 Å². The third-order valence-corrected chi connectivity index (χ3v) is 3.58. The third kappa shape index (κ3) is 4.98. The molecule has 0 aromatic rings. The SMILES string of the molecule is COCCC(NCC1CCCC1)C(C)C. The van der Waals surface area contributed by atoms with Gasteiger partial charge >= 0.3 is 0 Å². The molecular weight excluding hydrogens is 186 g/mol. The summed E-state index contributed by atoms with van der Waals surface area (Å²) in [7, 11) is 1.79. The number of hydrogen-bond donors (Lipinski definition) is 1. The Kier molecular flexibility index (Phi) is 6.26. The zero-order chi connectivity index (χ0) is 11.1. The van der Waals surface area contributed by atoms with E-state index in [0.717, 1.165) is 18.9 Å². The summed E-state index contributed by atoms with van der Waals surface area (Å²) in [4.78, 5) is 0. The van der Waals surface area contributed by atoms with Crippen LogP contribution in [0.5, 0.6) is 0 Å². The molecule has 1 aliphatic rings. The smallest absolute Gasteiger partial charge is 0.0477 e. The maximum absolute atomic E-state index is 5.15. The molecule has 0 saturated heterocycles. The highest BCUT2D eigenvalue weighted by Gasteiger charge is 2.18. The average molecular weight is 213 g/mol. The highest BCUT2D eigenvalue weighted by molar-refractivity contribution is 4.75. The predicted molar refractivity (Wildman–Crippen MR) is 65.1 cm³/mol. The summed E-state index contributed by atoms with van der Waals surface area (Å²) in [5.41, 5.74) is 0. The highest BCUT2D eigenvalue weighted by atomic mass is 16.5. The van der Waals surface area contributed by atoms with Crippen LogP contribution in [0.4, 0.5) is 0 Å².